The zero-order chi connectivity index (χ0) is 13.9. The predicted molar refractivity (Wildman–Crippen MR) is 69.8 cm³/mol. The summed E-state index contributed by atoms with van der Waals surface area (Å²) in [4.78, 5) is 11.8. The molecule has 0 fully saturated rings. The van der Waals surface area contributed by atoms with Crippen molar-refractivity contribution >= 4 is 27.3 Å². The van der Waals surface area contributed by atoms with Gasteiger partial charge in [-0.05, 0) is 25.1 Å². The van der Waals surface area contributed by atoms with Crippen LogP contribution in [0.5, 0.6) is 5.75 Å². The molecular formula is C11H14ClNO4S. The maximum Gasteiger partial charge on any atom is 0.255 e. The third kappa shape index (κ3) is 4.54. The van der Waals surface area contributed by atoms with Crippen molar-refractivity contribution in [3.8, 4) is 5.75 Å². The second kappa shape index (κ2) is 5.58. The summed E-state index contributed by atoms with van der Waals surface area (Å²) in [7, 11) is -3.17. The summed E-state index contributed by atoms with van der Waals surface area (Å²) < 4.78 is 22.1. The van der Waals surface area contributed by atoms with E-state index in [2.05, 4.69) is 5.32 Å². The number of benzene rings is 1. The molecule has 0 spiro atoms. The molecule has 0 aromatic heterocycles. The number of hydrogen-bond acceptors (Lipinski definition) is 4. The summed E-state index contributed by atoms with van der Waals surface area (Å²) >= 11 is 5.72. The first-order chi connectivity index (χ1) is 8.19. The van der Waals surface area contributed by atoms with Crippen LogP contribution in [0.2, 0.25) is 5.02 Å². The van der Waals surface area contributed by atoms with Crippen molar-refractivity contribution < 1.29 is 18.3 Å². The van der Waals surface area contributed by atoms with Crippen molar-refractivity contribution in [1.82, 2.24) is 5.32 Å². The summed E-state index contributed by atoms with van der Waals surface area (Å²) in [6, 6.07) is 3.52. The van der Waals surface area contributed by atoms with Gasteiger partial charge in [-0.15, -0.1) is 0 Å². The van der Waals surface area contributed by atoms with Gasteiger partial charge in [0.25, 0.3) is 5.91 Å². The van der Waals surface area contributed by atoms with Crippen LogP contribution in [0.25, 0.3) is 0 Å². The molecule has 0 heterocycles. The summed E-state index contributed by atoms with van der Waals surface area (Å²) in [6.07, 6.45) is 1.09. The van der Waals surface area contributed by atoms with Crippen molar-refractivity contribution in [3.05, 3.63) is 28.8 Å². The number of hydrogen-bond donors (Lipinski definition) is 2. The Balaban J connectivity index is 2.80. The molecule has 0 radical (unpaired) electrons. The minimum absolute atomic E-state index is 0.0165. The SMILES string of the molecule is CC(CS(C)(=O)=O)NC(=O)c1cc(Cl)ccc1O. The molecule has 1 aromatic carbocycles. The number of aromatic hydroxyl groups is 1. The van der Waals surface area contributed by atoms with E-state index in [4.69, 9.17) is 11.6 Å². The molecule has 0 aliphatic carbocycles. The maximum atomic E-state index is 11.8. The van der Waals surface area contributed by atoms with E-state index in [1.165, 1.54) is 18.2 Å². The van der Waals surface area contributed by atoms with Crippen LogP contribution in [0, 0.1) is 0 Å². The molecule has 18 heavy (non-hydrogen) atoms. The van der Waals surface area contributed by atoms with Gasteiger partial charge in [-0.1, -0.05) is 11.6 Å². The van der Waals surface area contributed by atoms with Gasteiger partial charge in [-0.2, -0.15) is 0 Å². The Morgan fingerprint density at radius 2 is 2.11 bits per heavy atom. The number of halogens is 1. The molecule has 0 saturated carbocycles. The van der Waals surface area contributed by atoms with Gasteiger partial charge in [-0.3, -0.25) is 4.79 Å². The van der Waals surface area contributed by atoms with Gasteiger partial charge >= 0.3 is 0 Å². The Kier molecular flexibility index (Phi) is 4.59. The van der Waals surface area contributed by atoms with Crippen LogP contribution in [0.3, 0.4) is 0 Å². The highest BCUT2D eigenvalue weighted by atomic mass is 35.5. The molecule has 5 nitrogen and oxygen atoms in total. The average Bonchev–Trinajstić information content (AvgIpc) is 2.18. The van der Waals surface area contributed by atoms with Gasteiger partial charge in [0, 0.05) is 17.3 Å². The largest absolute Gasteiger partial charge is 0.507 e. The van der Waals surface area contributed by atoms with Crippen LogP contribution < -0.4 is 5.32 Å². The lowest BCUT2D eigenvalue weighted by Crippen LogP contribution is -2.37. The Labute approximate surface area is 111 Å². The predicted octanol–water partition coefficient (Wildman–Crippen LogP) is 1.21. The standard InChI is InChI=1S/C11H14ClNO4S/c1-7(6-18(2,16)17)13-11(15)9-5-8(12)3-4-10(9)14/h3-5,7,14H,6H2,1-2H3,(H,13,15). The van der Waals surface area contributed by atoms with E-state index in [-0.39, 0.29) is 17.1 Å². The molecule has 7 heteroatoms. The number of carbonyl (C=O) groups is 1. The van der Waals surface area contributed by atoms with Crippen LogP contribution in [0.1, 0.15) is 17.3 Å². The first-order valence-corrected chi connectivity index (χ1v) is 7.60. The minimum atomic E-state index is -3.17. The number of rotatable bonds is 4. The summed E-state index contributed by atoms with van der Waals surface area (Å²) in [5.41, 5.74) is 0.0165. The van der Waals surface area contributed by atoms with Gasteiger partial charge in [0.1, 0.15) is 15.6 Å². The maximum absolute atomic E-state index is 11.8. The fourth-order valence-electron chi connectivity index (χ4n) is 1.49. The van der Waals surface area contributed by atoms with Crippen molar-refractivity contribution in [1.29, 1.82) is 0 Å². The van der Waals surface area contributed by atoms with E-state index in [1.54, 1.807) is 6.92 Å². The lowest BCUT2D eigenvalue weighted by Gasteiger charge is -2.13. The normalized spacial score (nSPS) is 13.1. The zero-order valence-corrected chi connectivity index (χ0v) is 11.5. The van der Waals surface area contributed by atoms with Crippen LogP contribution in [-0.4, -0.2) is 37.5 Å². The highest BCUT2D eigenvalue weighted by molar-refractivity contribution is 7.90. The van der Waals surface area contributed by atoms with E-state index in [0.29, 0.717) is 5.02 Å². The summed E-state index contributed by atoms with van der Waals surface area (Å²) in [5, 5.41) is 12.3. The number of carbonyl (C=O) groups excluding carboxylic acids is 1. The van der Waals surface area contributed by atoms with Crippen LogP contribution in [-0.2, 0) is 9.84 Å². The second-order valence-electron chi connectivity index (χ2n) is 4.13. The number of nitrogens with one attached hydrogen (secondary N) is 1. The molecule has 100 valence electrons. The lowest BCUT2D eigenvalue weighted by atomic mass is 10.2. The lowest BCUT2D eigenvalue weighted by molar-refractivity contribution is 0.0941. The van der Waals surface area contributed by atoms with E-state index < -0.39 is 21.8 Å². The van der Waals surface area contributed by atoms with Crippen LogP contribution in [0.4, 0.5) is 0 Å². The topological polar surface area (TPSA) is 83.5 Å². The van der Waals surface area contributed by atoms with Gasteiger partial charge in [0.2, 0.25) is 0 Å². The quantitative estimate of drug-likeness (QED) is 0.873. The fraction of sp³-hybridized carbons (Fsp3) is 0.364. The zero-order valence-electron chi connectivity index (χ0n) is 9.97. The van der Waals surface area contributed by atoms with Gasteiger partial charge in [0.05, 0.1) is 11.3 Å². The molecular weight excluding hydrogens is 278 g/mol. The van der Waals surface area contributed by atoms with E-state index in [9.17, 15) is 18.3 Å². The van der Waals surface area contributed by atoms with E-state index in [0.717, 1.165) is 6.26 Å². The highest BCUT2D eigenvalue weighted by Crippen LogP contribution is 2.21. The van der Waals surface area contributed by atoms with Gasteiger partial charge in [-0.25, -0.2) is 8.42 Å². The molecule has 1 amide bonds. The molecule has 1 atom stereocenters. The first kappa shape index (κ1) is 14.8. The molecule has 0 saturated heterocycles. The number of amides is 1. The molecule has 1 rings (SSSR count). The molecule has 1 unspecified atom stereocenters. The van der Waals surface area contributed by atoms with Crippen LogP contribution >= 0.6 is 11.6 Å². The van der Waals surface area contributed by atoms with E-state index >= 15 is 0 Å². The van der Waals surface area contributed by atoms with Gasteiger partial charge in [0.15, 0.2) is 0 Å². The van der Waals surface area contributed by atoms with E-state index in [1.807, 2.05) is 0 Å². The monoisotopic (exact) mass is 291 g/mol. The van der Waals surface area contributed by atoms with Gasteiger partial charge < -0.3 is 10.4 Å². The highest BCUT2D eigenvalue weighted by Gasteiger charge is 2.16. The molecule has 0 aliphatic heterocycles. The second-order valence-corrected chi connectivity index (χ2v) is 6.75. The fourth-order valence-corrected chi connectivity index (χ4v) is 2.65. The van der Waals surface area contributed by atoms with Crippen molar-refractivity contribution in [2.45, 2.75) is 13.0 Å². The van der Waals surface area contributed by atoms with Crippen LogP contribution in [0.15, 0.2) is 18.2 Å². The smallest absolute Gasteiger partial charge is 0.255 e. The summed E-state index contributed by atoms with van der Waals surface area (Å²) in [5.74, 6) is -0.935. The van der Waals surface area contributed by atoms with Crippen molar-refractivity contribution in [2.75, 3.05) is 12.0 Å². The Hall–Kier alpha value is -1.27. The minimum Gasteiger partial charge on any atom is -0.507 e. The first-order valence-electron chi connectivity index (χ1n) is 5.16. The molecule has 0 bridgehead atoms. The third-order valence-electron chi connectivity index (χ3n) is 2.13. The van der Waals surface area contributed by atoms with Crippen molar-refractivity contribution in [2.24, 2.45) is 0 Å². The number of sulfone groups is 1. The average molecular weight is 292 g/mol. The molecule has 1 aromatic rings. The molecule has 2 N–H and O–H groups in total. The third-order valence-corrected chi connectivity index (χ3v) is 3.47. The Morgan fingerprint density at radius 3 is 2.67 bits per heavy atom. The Morgan fingerprint density at radius 1 is 1.50 bits per heavy atom. The number of phenols is 1. The number of phenolic OH excluding ortho intramolecular Hbond substituents is 1. The Bertz CT molecular complexity index is 556. The molecule has 0 aliphatic rings. The summed E-state index contributed by atoms with van der Waals surface area (Å²) in [6.45, 7) is 1.57. The van der Waals surface area contributed by atoms with Crippen molar-refractivity contribution in [3.63, 3.8) is 0 Å².